The van der Waals surface area contributed by atoms with Gasteiger partial charge in [0.15, 0.2) is 0 Å². The molecular formula is C13H18F2N2O. The molecule has 1 saturated heterocycles. The summed E-state index contributed by atoms with van der Waals surface area (Å²) in [6.07, 6.45) is 1.09. The van der Waals surface area contributed by atoms with Crippen molar-refractivity contribution in [3.63, 3.8) is 0 Å². The summed E-state index contributed by atoms with van der Waals surface area (Å²) in [5.74, 6) is 0.256. The standard InChI is InChI=1S/C13H18F2N2O/c1-17-7-6-11(9-17)16-8-10-4-2-3-5-12(10)18-13(14)15/h2-5,11,13,16H,6-9H2,1H3. The summed E-state index contributed by atoms with van der Waals surface area (Å²) in [7, 11) is 2.08. The normalized spacial score (nSPS) is 20.6. The van der Waals surface area contributed by atoms with Crippen molar-refractivity contribution in [3.05, 3.63) is 29.8 Å². The third kappa shape index (κ3) is 3.65. The summed E-state index contributed by atoms with van der Waals surface area (Å²) in [6, 6.07) is 7.34. The number of hydrogen-bond donors (Lipinski definition) is 1. The molecule has 5 heteroatoms. The lowest BCUT2D eigenvalue weighted by Crippen LogP contribution is -2.31. The van der Waals surface area contributed by atoms with Crippen molar-refractivity contribution >= 4 is 0 Å². The van der Waals surface area contributed by atoms with Crippen molar-refractivity contribution in [1.82, 2.24) is 10.2 Å². The van der Waals surface area contributed by atoms with E-state index in [-0.39, 0.29) is 5.75 Å². The molecule has 100 valence electrons. The summed E-state index contributed by atoms with van der Waals surface area (Å²) in [5, 5.41) is 3.38. The zero-order valence-corrected chi connectivity index (χ0v) is 10.4. The number of likely N-dealkylation sites (N-methyl/N-ethyl adjacent to an activating group) is 1. The van der Waals surface area contributed by atoms with E-state index in [0.29, 0.717) is 12.6 Å². The van der Waals surface area contributed by atoms with E-state index in [1.807, 2.05) is 12.1 Å². The van der Waals surface area contributed by atoms with Gasteiger partial charge in [0.1, 0.15) is 5.75 Å². The minimum Gasteiger partial charge on any atom is -0.434 e. The molecule has 2 rings (SSSR count). The van der Waals surface area contributed by atoms with Gasteiger partial charge in [-0.05, 0) is 26.1 Å². The molecule has 1 aliphatic rings. The quantitative estimate of drug-likeness (QED) is 0.873. The molecule has 0 amide bonds. The highest BCUT2D eigenvalue weighted by molar-refractivity contribution is 5.33. The molecule has 1 fully saturated rings. The highest BCUT2D eigenvalue weighted by Crippen LogP contribution is 2.20. The molecule has 18 heavy (non-hydrogen) atoms. The minimum absolute atomic E-state index is 0.256. The first kappa shape index (κ1) is 13.2. The number of nitrogens with zero attached hydrogens (tertiary/aromatic N) is 1. The van der Waals surface area contributed by atoms with Gasteiger partial charge >= 0.3 is 6.61 Å². The Morgan fingerprint density at radius 3 is 2.89 bits per heavy atom. The van der Waals surface area contributed by atoms with Crippen LogP contribution in [0.3, 0.4) is 0 Å². The fourth-order valence-electron chi connectivity index (χ4n) is 2.22. The number of hydrogen-bond acceptors (Lipinski definition) is 3. The number of nitrogens with one attached hydrogen (secondary N) is 1. The van der Waals surface area contributed by atoms with Gasteiger partial charge in [0.2, 0.25) is 0 Å². The Morgan fingerprint density at radius 1 is 1.44 bits per heavy atom. The van der Waals surface area contributed by atoms with E-state index in [9.17, 15) is 8.78 Å². The molecule has 0 aromatic heterocycles. The van der Waals surface area contributed by atoms with Gasteiger partial charge in [0.25, 0.3) is 0 Å². The summed E-state index contributed by atoms with van der Waals surface area (Å²) >= 11 is 0. The molecule has 0 spiro atoms. The predicted molar refractivity (Wildman–Crippen MR) is 65.8 cm³/mol. The molecule has 3 nitrogen and oxygen atoms in total. The fourth-order valence-corrected chi connectivity index (χ4v) is 2.22. The van der Waals surface area contributed by atoms with Gasteiger partial charge in [0, 0.05) is 24.7 Å². The van der Waals surface area contributed by atoms with Crippen LogP contribution in [0.2, 0.25) is 0 Å². The van der Waals surface area contributed by atoms with E-state index in [1.165, 1.54) is 0 Å². The summed E-state index contributed by atoms with van der Waals surface area (Å²) in [6.45, 7) is -0.143. The van der Waals surface area contributed by atoms with Gasteiger partial charge in [-0.25, -0.2) is 0 Å². The van der Waals surface area contributed by atoms with Crippen LogP contribution in [0.1, 0.15) is 12.0 Å². The van der Waals surface area contributed by atoms with Crippen LogP contribution in [-0.2, 0) is 6.54 Å². The number of para-hydroxylation sites is 1. The SMILES string of the molecule is CN1CCC(NCc2ccccc2OC(F)F)C1. The van der Waals surface area contributed by atoms with E-state index < -0.39 is 6.61 Å². The van der Waals surface area contributed by atoms with Gasteiger partial charge in [-0.2, -0.15) is 8.78 Å². The maximum absolute atomic E-state index is 12.2. The van der Waals surface area contributed by atoms with Crippen LogP contribution in [-0.4, -0.2) is 37.7 Å². The number of alkyl halides is 2. The second-order valence-electron chi connectivity index (χ2n) is 4.61. The van der Waals surface area contributed by atoms with Crippen molar-refractivity contribution in [2.24, 2.45) is 0 Å². The maximum atomic E-state index is 12.2. The van der Waals surface area contributed by atoms with E-state index in [0.717, 1.165) is 25.1 Å². The van der Waals surface area contributed by atoms with Crippen molar-refractivity contribution in [3.8, 4) is 5.75 Å². The second kappa shape index (κ2) is 6.11. The van der Waals surface area contributed by atoms with Gasteiger partial charge in [-0.3, -0.25) is 0 Å². The number of halogens is 2. The zero-order chi connectivity index (χ0) is 13.0. The number of likely N-dealkylation sites (tertiary alicyclic amines) is 1. The molecule has 0 radical (unpaired) electrons. The Balaban J connectivity index is 1.92. The van der Waals surface area contributed by atoms with Crippen molar-refractivity contribution in [1.29, 1.82) is 0 Å². The molecule has 1 aliphatic heterocycles. The first-order valence-electron chi connectivity index (χ1n) is 6.10. The Labute approximate surface area is 106 Å². The van der Waals surface area contributed by atoms with E-state index in [2.05, 4.69) is 22.0 Å². The Hall–Kier alpha value is -1.20. The van der Waals surface area contributed by atoms with E-state index in [4.69, 9.17) is 0 Å². The zero-order valence-electron chi connectivity index (χ0n) is 10.4. The van der Waals surface area contributed by atoms with Crippen LogP contribution in [0.15, 0.2) is 24.3 Å². The van der Waals surface area contributed by atoms with Crippen LogP contribution < -0.4 is 10.1 Å². The molecule has 1 N–H and O–H groups in total. The van der Waals surface area contributed by atoms with Crippen molar-refractivity contribution in [2.45, 2.75) is 25.6 Å². The Bertz CT molecular complexity index is 387. The first-order valence-corrected chi connectivity index (χ1v) is 6.10. The van der Waals surface area contributed by atoms with Gasteiger partial charge in [0.05, 0.1) is 0 Å². The molecule has 1 aromatic rings. The number of benzene rings is 1. The fraction of sp³-hybridized carbons (Fsp3) is 0.538. The lowest BCUT2D eigenvalue weighted by Gasteiger charge is -2.15. The Morgan fingerprint density at radius 2 is 2.22 bits per heavy atom. The van der Waals surface area contributed by atoms with Crippen LogP contribution in [0.25, 0.3) is 0 Å². The second-order valence-corrected chi connectivity index (χ2v) is 4.61. The summed E-state index contributed by atoms with van der Waals surface area (Å²) in [5.41, 5.74) is 0.771. The molecule has 1 atom stereocenters. The summed E-state index contributed by atoms with van der Waals surface area (Å²) in [4.78, 5) is 2.25. The van der Waals surface area contributed by atoms with Crippen LogP contribution in [0.4, 0.5) is 8.78 Å². The van der Waals surface area contributed by atoms with Gasteiger partial charge in [-0.1, -0.05) is 18.2 Å². The molecule has 1 heterocycles. The van der Waals surface area contributed by atoms with Crippen LogP contribution in [0.5, 0.6) is 5.75 Å². The molecule has 1 aromatic carbocycles. The first-order chi connectivity index (χ1) is 8.65. The Kier molecular flexibility index (Phi) is 4.49. The lowest BCUT2D eigenvalue weighted by molar-refractivity contribution is -0.0505. The van der Waals surface area contributed by atoms with Crippen LogP contribution in [0, 0.1) is 0 Å². The largest absolute Gasteiger partial charge is 0.434 e. The molecule has 0 bridgehead atoms. The molecular weight excluding hydrogens is 238 g/mol. The van der Waals surface area contributed by atoms with Gasteiger partial charge in [-0.15, -0.1) is 0 Å². The minimum atomic E-state index is -2.77. The highest BCUT2D eigenvalue weighted by Gasteiger charge is 2.19. The van der Waals surface area contributed by atoms with E-state index in [1.54, 1.807) is 12.1 Å². The topological polar surface area (TPSA) is 24.5 Å². The lowest BCUT2D eigenvalue weighted by atomic mass is 10.2. The predicted octanol–water partition coefficient (Wildman–Crippen LogP) is 2.08. The third-order valence-corrected chi connectivity index (χ3v) is 3.16. The average Bonchev–Trinajstić information content (AvgIpc) is 2.73. The smallest absolute Gasteiger partial charge is 0.387 e. The molecule has 0 saturated carbocycles. The number of rotatable bonds is 5. The van der Waals surface area contributed by atoms with Crippen molar-refractivity contribution < 1.29 is 13.5 Å². The highest BCUT2D eigenvalue weighted by atomic mass is 19.3. The summed E-state index contributed by atoms with van der Waals surface area (Å²) < 4.78 is 29.0. The van der Waals surface area contributed by atoms with Crippen LogP contribution >= 0.6 is 0 Å². The third-order valence-electron chi connectivity index (χ3n) is 3.16. The average molecular weight is 256 g/mol. The monoisotopic (exact) mass is 256 g/mol. The number of ether oxygens (including phenoxy) is 1. The van der Waals surface area contributed by atoms with Crippen molar-refractivity contribution in [2.75, 3.05) is 20.1 Å². The maximum Gasteiger partial charge on any atom is 0.387 e. The molecule has 0 aliphatic carbocycles. The van der Waals surface area contributed by atoms with E-state index >= 15 is 0 Å². The van der Waals surface area contributed by atoms with Gasteiger partial charge < -0.3 is 15.0 Å². The molecule has 1 unspecified atom stereocenters.